The van der Waals surface area contributed by atoms with E-state index >= 15 is 0 Å². The van der Waals surface area contributed by atoms with Crippen LogP contribution in [-0.2, 0) is 34.7 Å². The number of fused-ring (bicyclic) bond motifs is 3. The maximum Gasteiger partial charge on any atom is 0.333 e. The van der Waals surface area contributed by atoms with Crippen LogP contribution in [0, 0.1) is 0 Å². The van der Waals surface area contributed by atoms with E-state index in [1.165, 1.54) is 0 Å². The molecule has 0 radical (unpaired) electrons. The number of hydrogen-bond acceptors (Lipinski definition) is 5. The predicted octanol–water partition coefficient (Wildman–Crippen LogP) is 5.56. The highest BCUT2D eigenvalue weighted by molar-refractivity contribution is 5.86. The monoisotopic (exact) mass is 512 g/mol. The number of hydrogen-bond donors (Lipinski definition) is 1. The van der Waals surface area contributed by atoms with Gasteiger partial charge in [-0.3, -0.25) is 9.59 Å². The van der Waals surface area contributed by atoms with Crippen LogP contribution in [0.25, 0.3) is 0 Å². The van der Waals surface area contributed by atoms with E-state index in [1.54, 1.807) is 6.92 Å². The standard InChI is InChI=1S/C32H32O6/c1-22(2)30(36)38-21-20-37-29(35)16-19-32-23(3)10-8-9-17-31(18-15-28(33)34,24-11-4-6-13-26(24)32)25-12-5-7-14-27(25)32/h4-14,17H,1,3,15-16,18-21H2,2H3,(H,33,34)/b10-8-,17-9-. The zero-order valence-electron chi connectivity index (χ0n) is 21.6. The lowest BCUT2D eigenvalue weighted by atomic mass is 9.53. The fraction of sp³-hybridized carbons (Fsp3) is 0.281. The Morgan fingerprint density at radius 2 is 1.42 bits per heavy atom. The molecule has 2 aromatic rings. The van der Waals surface area contributed by atoms with Gasteiger partial charge in [0.15, 0.2) is 0 Å². The number of benzene rings is 2. The predicted molar refractivity (Wildman–Crippen MR) is 145 cm³/mol. The number of carbonyl (C=O) groups excluding carboxylic acids is 2. The molecule has 0 fully saturated rings. The van der Waals surface area contributed by atoms with Crippen LogP contribution in [0.1, 0.15) is 54.9 Å². The summed E-state index contributed by atoms with van der Waals surface area (Å²) in [5.41, 5.74) is 3.81. The van der Waals surface area contributed by atoms with Crippen molar-refractivity contribution in [1.29, 1.82) is 0 Å². The molecule has 0 aliphatic heterocycles. The smallest absolute Gasteiger partial charge is 0.333 e. The van der Waals surface area contributed by atoms with E-state index in [0.29, 0.717) is 12.8 Å². The molecule has 0 heterocycles. The third-order valence-corrected chi connectivity index (χ3v) is 7.44. The molecule has 0 amide bonds. The highest BCUT2D eigenvalue weighted by atomic mass is 16.6. The maximum atomic E-state index is 12.8. The Hall–Kier alpha value is -4.19. The third kappa shape index (κ3) is 4.86. The normalized spacial score (nSPS) is 22.6. The van der Waals surface area contributed by atoms with Gasteiger partial charge in [-0.1, -0.05) is 86.0 Å². The quantitative estimate of drug-likeness (QED) is 0.255. The Bertz CT molecular complexity index is 1300. The van der Waals surface area contributed by atoms with Gasteiger partial charge in [-0.25, -0.2) is 4.79 Å². The number of esters is 2. The third-order valence-electron chi connectivity index (χ3n) is 7.44. The van der Waals surface area contributed by atoms with Crippen molar-refractivity contribution in [2.75, 3.05) is 13.2 Å². The molecule has 6 heteroatoms. The summed E-state index contributed by atoms with van der Waals surface area (Å²) in [6, 6.07) is 16.1. The summed E-state index contributed by atoms with van der Waals surface area (Å²) in [4.78, 5) is 36.1. The molecule has 38 heavy (non-hydrogen) atoms. The number of allylic oxidation sites excluding steroid dienone is 5. The van der Waals surface area contributed by atoms with E-state index in [1.807, 2.05) is 42.5 Å². The van der Waals surface area contributed by atoms with Crippen LogP contribution in [0.5, 0.6) is 0 Å². The van der Waals surface area contributed by atoms with Crippen molar-refractivity contribution in [3.8, 4) is 0 Å². The summed E-state index contributed by atoms with van der Waals surface area (Å²) < 4.78 is 10.4. The van der Waals surface area contributed by atoms with Crippen LogP contribution in [0.4, 0.5) is 0 Å². The Balaban J connectivity index is 1.72. The van der Waals surface area contributed by atoms with Crippen molar-refractivity contribution in [1.82, 2.24) is 0 Å². The van der Waals surface area contributed by atoms with Crippen molar-refractivity contribution >= 4 is 17.9 Å². The number of carboxylic acids is 1. The lowest BCUT2D eigenvalue weighted by Gasteiger charge is -2.49. The minimum absolute atomic E-state index is 0.00689. The second-order valence-corrected chi connectivity index (χ2v) is 9.74. The second kappa shape index (κ2) is 11.1. The van der Waals surface area contributed by atoms with Crippen molar-refractivity contribution in [2.24, 2.45) is 0 Å². The molecule has 196 valence electrons. The van der Waals surface area contributed by atoms with Gasteiger partial charge in [-0.15, -0.1) is 0 Å². The summed E-state index contributed by atoms with van der Waals surface area (Å²) in [5.74, 6) is -1.78. The van der Waals surface area contributed by atoms with Crippen molar-refractivity contribution < 1.29 is 29.0 Å². The fourth-order valence-electron chi connectivity index (χ4n) is 5.70. The fourth-order valence-corrected chi connectivity index (χ4v) is 5.70. The van der Waals surface area contributed by atoms with E-state index in [4.69, 9.17) is 9.47 Å². The first-order valence-corrected chi connectivity index (χ1v) is 12.7. The maximum absolute atomic E-state index is 12.8. The van der Waals surface area contributed by atoms with Crippen LogP contribution in [-0.4, -0.2) is 36.2 Å². The molecule has 2 aliphatic carbocycles. The average molecular weight is 513 g/mol. The van der Waals surface area contributed by atoms with Gasteiger partial charge < -0.3 is 14.6 Å². The van der Waals surface area contributed by atoms with Crippen molar-refractivity contribution in [3.63, 3.8) is 0 Å². The van der Waals surface area contributed by atoms with E-state index in [-0.39, 0.29) is 31.6 Å². The zero-order valence-corrected chi connectivity index (χ0v) is 21.6. The van der Waals surface area contributed by atoms with Gasteiger partial charge in [0.1, 0.15) is 13.2 Å². The molecule has 0 atom stereocenters. The Morgan fingerprint density at radius 3 is 2.00 bits per heavy atom. The van der Waals surface area contributed by atoms with E-state index in [2.05, 4.69) is 43.5 Å². The molecule has 0 saturated heterocycles. The van der Waals surface area contributed by atoms with E-state index in [9.17, 15) is 19.5 Å². The molecule has 0 saturated carbocycles. The van der Waals surface area contributed by atoms with Gasteiger partial charge in [0.2, 0.25) is 0 Å². The highest BCUT2D eigenvalue weighted by Gasteiger charge is 2.50. The van der Waals surface area contributed by atoms with Crippen LogP contribution < -0.4 is 0 Å². The molecule has 4 rings (SSSR count). The Kier molecular flexibility index (Phi) is 7.81. The largest absolute Gasteiger partial charge is 0.481 e. The Morgan fingerprint density at radius 1 is 0.842 bits per heavy atom. The molecule has 0 unspecified atom stereocenters. The Labute approximate surface area is 223 Å². The van der Waals surface area contributed by atoms with Crippen molar-refractivity contribution in [2.45, 2.75) is 43.4 Å². The molecule has 0 aromatic heterocycles. The van der Waals surface area contributed by atoms with Gasteiger partial charge in [-0.05, 0) is 47.6 Å². The highest BCUT2D eigenvalue weighted by Crippen LogP contribution is 2.57. The van der Waals surface area contributed by atoms with E-state index < -0.39 is 28.7 Å². The first kappa shape index (κ1) is 26.9. The van der Waals surface area contributed by atoms with Crippen molar-refractivity contribution in [3.05, 3.63) is 119 Å². The number of ether oxygens (including phenoxy) is 2. The average Bonchev–Trinajstić information content (AvgIpc) is 2.99. The number of aliphatic carboxylic acids is 1. The van der Waals surface area contributed by atoms with Gasteiger partial charge in [0.25, 0.3) is 0 Å². The number of rotatable bonds is 10. The minimum atomic E-state index is -0.851. The van der Waals surface area contributed by atoms with E-state index in [0.717, 1.165) is 27.8 Å². The van der Waals surface area contributed by atoms with Crippen LogP contribution in [0.3, 0.4) is 0 Å². The SMILES string of the molecule is C=C(C)C(=O)OCCOC(=O)CCC12C(=C)/C=C\C=C/C(CCC(=O)O)(c3ccccc31)c1ccccc12. The first-order chi connectivity index (χ1) is 18.2. The summed E-state index contributed by atoms with van der Waals surface area (Å²) >= 11 is 0. The summed E-state index contributed by atoms with van der Waals surface area (Å²) in [5, 5.41) is 9.59. The summed E-state index contributed by atoms with van der Waals surface area (Å²) in [7, 11) is 0. The minimum Gasteiger partial charge on any atom is -0.481 e. The van der Waals surface area contributed by atoms with Crippen LogP contribution >= 0.6 is 0 Å². The molecule has 1 N–H and O–H groups in total. The second-order valence-electron chi connectivity index (χ2n) is 9.74. The molecule has 2 bridgehead atoms. The first-order valence-electron chi connectivity index (χ1n) is 12.7. The van der Waals surface area contributed by atoms with Crippen LogP contribution in [0.2, 0.25) is 0 Å². The van der Waals surface area contributed by atoms with Gasteiger partial charge in [-0.2, -0.15) is 0 Å². The molecule has 0 spiro atoms. The summed E-state index contributed by atoms with van der Waals surface area (Å²) in [6.45, 7) is 9.46. The lowest BCUT2D eigenvalue weighted by molar-refractivity contribution is -0.150. The lowest BCUT2D eigenvalue weighted by Crippen LogP contribution is -2.43. The topological polar surface area (TPSA) is 89.9 Å². The van der Waals surface area contributed by atoms with Crippen LogP contribution in [0.15, 0.2) is 97.1 Å². The van der Waals surface area contributed by atoms with Gasteiger partial charge in [0.05, 0.1) is 0 Å². The molecular weight excluding hydrogens is 480 g/mol. The summed E-state index contributed by atoms with van der Waals surface area (Å²) in [6.07, 6.45) is 8.86. The van der Waals surface area contributed by atoms with Gasteiger partial charge in [0, 0.05) is 29.2 Å². The number of carbonyl (C=O) groups is 3. The van der Waals surface area contributed by atoms with Gasteiger partial charge >= 0.3 is 17.9 Å². The molecule has 2 aliphatic rings. The molecular formula is C32H32O6. The number of carboxylic acid groups (broad SMARTS) is 1. The molecule has 6 nitrogen and oxygen atoms in total. The zero-order chi connectivity index (χ0) is 27.3. The molecule has 2 aromatic carbocycles.